The first-order chi connectivity index (χ1) is 7.09. The van der Waals surface area contributed by atoms with Crippen molar-refractivity contribution < 1.29 is 4.74 Å². The average molecular weight is 208 g/mol. The van der Waals surface area contributed by atoms with Gasteiger partial charge in [0.1, 0.15) is 0 Å². The molecule has 3 nitrogen and oxygen atoms in total. The molecule has 0 aliphatic rings. The monoisotopic (exact) mass is 208 g/mol. The molecule has 1 heterocycles. The van der Waals surface area contributed by atoms with Gasteiger partial charge in [-0.05, 0) is 23.8 Å². The summed E-state index contributed by atoms with van der Waals surface area (Å²) in [5.41, 5.74) is 1.14. The van der Waals surface area contributed by atoms with Gasteiger partial charge in [-0.1, -0.05) is 27.7 Å². The number of nitrogens with zero attached hydrogens (tertiary/aromatic N) is 2. The van der Waals surface area contributed by atoms with Crippen LogP contribution in [0.1, 0.15) is 45.6 Å². The van der Waals surface area contributed by atoms with E-state index < -0.39 is 0 Å². The van der Waals surface area contributed by atoms with E-state index in [1.165, 1.54) is 0 Å². The molecule has 0 amide bonds. The lowest BCUT2D eigenvalue weighted by molar-refractivity contribution is 0.268. The highest BCUT2D eigenvalue weighted by molar-refractivity contribution is 5.11. The quantitative estimate of drug-likeness (QED) is 0.746. The molecule has 0 N–H and O–H groups in total. The lowest BCUT2D eigenvalue weighted by Crippen LogP contribution is -2.04. The van der Waals surface area contributed by atoms with E-state index in [0.29, 0.717) is 24.5 Å². The zero-order chi connectivity index (χ0) is 11.3. The standard InChI is InChI=1S/C12H20N2O/c1-9(2)5-6-15-12-13-7-11(8-14-12)10(3)4/h7-10H,5-6H2,1-4H3. The fraction of sp³-hybridized carbons (Fsp3) is 0.667. The van der Waals surface area contributed by atoms with E-state index in [-0.39, 0.29) is 0 Å². The zero-order valence-corrected chi connectivity index (χ0v) is 10.0. The van der Waals surface area contributed by atoms with Crippen molar-refractivity contribution in [2.24, 2.45) is 5.92 Å². The molecule has 0 aliphatic carbocycles. The molecule has 0 spiro atoms. The summed E-state index contributed by atoms with van der Waals surface area (Å²) in [6, 6.07) is 0.486. The second kappa shape index (κ2) is 5.69. The topological polar surface area (TPSA) is 35.0 Å². The van der Waals surface area contributed by atoms with Gasteiger partial charge in [-0.3, -0.25) is 0 Å². The van der Waals surface area contributed by atoms with Crippen molar-refractivity contribution in [1.82, 2.24) is 9.97 Å². The summed E-state index contributed by atoms with van der Waals surface area (Å²) in [7, 11) is 0. The van der Waals surface area contributed by atoms with E-state index >= 15 is 0 Å². The van der Waals surface area contributed by atoms with Gasteiger partial charge in [0.05, 0.1) is 6.61 Å². The minimum absolute atomic E-state index is 0.467. The van der Waals surface area contributed by atoms with Crippen molar-refractivity contribution >= 4 is 0 Å². The van der Waals surface area contributed by atoms with E-state index in [1.807, 2.05) is 12.4 Å². The molecular weight excluding hydrogens is 188 g/mol. The number of rotatable bonds is 5. The van der Waals surface area contributed by atoms with Gasteiger partial charge < -0.3 is 4.74 Å². The highest BCUT2D eigenvalue weighted by Crippen LogP contribution is 2.13. The minimum Gasteiger partial charge on any atom is -0.463 e. The normalized spacial score (nSPS) is 11.1. The summed E-state index contributed by atoms with van der Waals surface area (Å²) in [6.07, 6.45) is 4.71. The SMILES string of the molecule is CC(C)CCOc1ncc(C(C)C)cn1. The molecule has 0 aliphatic heterocycles. The van der Waals surface area contributed by atoms with Crippen molar-refractivity contribution in [2.45, 2.75) is 40.0 Å². The highest BCUT2D eigenvalue weighted by atomic mass is 16.5. The Bertz CT molecular complexity index is 280. The molecule has 0 unspecified atom stereocenters. The second-order valence-corrected chi connectivity index (χ2v) is 4.48. The Kier molecular flexibility index (Phi) is 4.53. The van der Waals surface area contributed by atoms with Crippen LogP contribution in [0.25, 0.3) is 0 Å². The maximum Gasteiger partial charge on any atom is 0.316 e. The highest BCUT2D eigenvalue weighted by Gasteiger charge is 2.02. The van der Waals surface area contributed by atoms with Crippen LogP contribution >= 0.6 is 0 Å². The van der Waals surface area contributed by atoms with Gasteiger partial charge in [-0.25, -0.2) is 9.97 Å². The maximum atomic E-state index is 5.43. The van der Waals surface area contributed by atoms with Crippen molar-refractivity contribution in [3.05, 3.63) is 18.0 Å². The van der Waals surface area contributed by atoms with Gasteiger partial charge in [-0.2, -0.15) is 0 Å². The van der Waals surface area contributed by atoms with E-state index in [4.69, 9.17) is 4.74 Å². The van der Waals surface area contributed by atoms with Gasteiger partial charge in [-0.15, -0.1) is 0 Å². The Hall–Kier alpha value is -1.12. The van der Waals surface area contributed by atoms with Crippen LogP contribution < -0.4 is 4.74 Å². The lowest BCUT2D eigenvalue weighted by atomic mass is 10.1. The first kappa shape index (κ1) is 12.0. The van der Waals surface area contributed by atoms with Crippen LogP contribution in [0.2, 0.25) is 0 Å². The molecule has 3 heteroatoms. The fourth-order valence-electron chi connectivity index (χ4n) is 1.08. The summed E-state index contributed by atoms with van der Waals surface area (Å²) in [5, 5.41) is 0. The Morgan fingerprint density at radius 1 is 1.13 bits per heavy atom. The molecule has 0 bridgehead atoms. The van der Waals surface area contributed by atoms with Crippen LogP contribution in [0, 0.1) is 5.92 Å². The van der Waals surface area contributed by atoms with E-state index in [1.54, 1.807) is 0 Å². The molecular formula is C12H20N2O. The second-order valence-electron chi connectivity index (χ2n) is 4.48. The van der Waals surface area contributed by atoms with Crippen LogP contribution in [-0.2, 0) is 0 Å². The van der Waals surface area contributed by atoms with Crippen LogP contribution in [0.5, 0.6) is 6.01 Å². The third-order valence-electron chi connectivity index (χ3n) is 2.24. The number of aromatic nitrogens is 2. The lowest BCUT2D eigenvalue weighted by Gasteiger charge is -2.07. The zero-order valence-electron chi connectivity index (χ0n) is 10.0. The van der Waals surface area contributed by atoms with Gasteiger partial charge >= 0.3 is 6.01 Å². The first-order valence-electron chi connectivity index (χ1n) is 5.54. The molecule has 1 aromatic heterocycles. The summed E-state index contributed by atoms with van der Waals surface area (Å²) in [6.45, 7) is 9.28. The van der Waals surface area contributed by atoms with Crippen LogP contribution in [0.15, 0.2) is 12.4 Å². The molecule has 1 rings (SSSR count). The summed E-state index contributed by atoms with van der Waals surface area (Å²) in [4.78, 5) is 8.33. The predicted octanol–water partition coefficient (Wildman–Crippen LogP) is 3.02. The molecule has 0 saturated heterocycles. The molecule has 15 heavy (non-hydrogen) atoms. The predicted molar refractivity (Wildman–Crippen MR) is 61.1 cm³/mol. The van der Waals surface area contributed by atoms with Gasteiger partial charge in [0, 0.05) is 12.4 Å². The van der Waals surface area contributed by atoms with E-state index in [0.717, 1.165) is 12.0 Å². The average Bonchev–Trinajstić information content (AvgIpc) is 2.18. The Morgan fingerprint density at radius 3 is 2.20 bits per heavy atom. The maximum absolute atomic E-state index is 5.43. The summed E-state index contributed by atoms with van der Waals surface area (Å²) >= 11 is 0. The molecule has 84 valence electrons. The fourth-order valence-corrected chi connectivity index (χ4v) is 1.08. The van der Waals surface area contributed by atoms with Crippen LogP contribution in [0.4, 0.5) is 0 Å². The first-order valence-corrected chi connectivity index (χ1v) is 5.54. The molecule has 0 saturated carbocycles. The summed E-state index contributed by atoms with van der Waals surface area (Å²) in [5.74, 6) is 1.12. The van der Waals surface area contributed by atoms with E-state index in [9.17, 15) is 0 Å². The number of hydrogen-bond donors (Lipinski definition) is 0. The largest absolute Gasteiger partial charge is 0.463 e. The molecule has 0 radical (unpaired) electrons. The Morgan fingerprint density at radius 2 is 1.73 bits per heavy atom. The molecule has 0 atom stereocenters. The van der Waals surface area contributed by atoms with Gasteiger partial charge in [0.15, 0.2) is 0 Å². The van der Waals surface area contributed by atoms with Crippen molar-refractivity contribution in [3.8, 4) is 6.01 Å². The molecule has 0 fully saturated rings. The van der Waals surface area contributed by atoms with Gasteiger partial charge in [0.2, 0.25) is 0 Å². The van der Waals surface area contributed by atoms with E-state index in [2.05, 4.69) is 37.7 Å². The number of hydrogen-bond acceptors (Lipinski definition) is 3. The van der Waals surface area contributed by atoms with Crippen LogP contribution in [-0.4, -0.2) is 16.6 Å². The Labute approximate surface area is 91.9 Å². The molecule has 0 aromatic carbocycles. The van der Waals surface area contributed by atoms with Crippen molar-refractivity contribution in [3.63, 3.8) is 0 Å². The summed E-state index contributed by atoms with van der Waals surface area (Å²) < 4.78 is 5.43. The third kappa shape index (κ3) is 4.28. The minimum atomic E-state index is 0.467. The van der Waals surface area contributed by atoms with Crippen LogP contribution in [0.3, 0.4) is 0 Å². The molecule has 1 aromatic rings. The smallest absolute Gasteiger partial charge is 0.316 e. The van der Waals surface area contributed by atoms with Crippen molar-refractivity contribution in [1.29, 1.82) is 0 Å². The van der Waals surface area contributed by atoms with Gasteiger partial charge in [0.25, 0.3) is 0 Å². The Balaban J connectivity index is 2.43. The van der Waals surface area contributed by atoms with Crippen molar-refractivity contribution in [2.75, 3.05) is 6.61 Å². The number of ether oxygens (including phenoxy) is 1. The third-order valence-corrected chi connectivity index (χ3v) is 2.24.